The Kier molecular flexibility index (Phi) is 3.55. The molecule has 2 aliphatic heterocycles. The summed E-state index contributed by atoms with van der Waals surface area (Å²) in [5, 5.41) is 7.46. The fraction of sp³-hybridized carbons (Fsp3) is 0.412. The number of anilines is 1. The minimum absolute atomic E-state index is 0.0992. The van der Waals surface area contributed by atoms with Crippen LogP contribution in [0.15, 0.2) is 24.3 Å². The van der Waals surface area contributed by atoms with Crippen molar-refractivity contribution in [2.75, 3.05) is 25.2 Å². The number of aromatic nitrogens is 2. The first-order valence-corrected chi connectivity index (χ1v) is 8.08. The third-order valence-corrected chi connectivity index (χ3v) is 4.46. The van der Waals surface area contributed by atoms with E-state index in [1.807, 2.05) is 22.6 Å². The van der Waals surface area contributed by atoms with Crippen molar-refractivity contribution in [1.29, 1.82) is 0 Å². The Balaban J connectivity index is 1.41. The van der Waals surface area contributed by atoms with Crippen molar-refractivity contribution in [3.63, 3.8) is 0 Å². The maximum atomic E-state index is 12.5. The van der Waals surface area contributed by atoms with Crippen molar-refractivity contribution in [2.24, 2.45) is 0 Å². The zero-order valence-electron chi connectivity index (χ0n) is 13.8. The Morgan fingerprint density at radius 1 is 1.25 bits per heavy atom. The number of fused-ring (bicyclic) bond motifs is 1. The highest BCUT2D eigenvalue weighted by molar-refractivity contribution is 5.90. The Morgan fingerprint density at radius 2 is 2.08 bits per heavy atom. The van der Waals surface area contributed by atoms with Crippen LogP contribution >= 0.6 is 0 Å². The molecule has 4 rings (SSSR count). The van der Waals surface area contributed by atoms with Gasteiger partial charge in [0.2, 0.25) is 6.79 Å². The number of hydrogen-bond acceptors (Lipinski definition) is 4. The van der Waals surface area contributed by atoms with E-state index in [-0.39, 0.29) is 18.9 Å². The van der Waals surface area contributed by atoms with Crippen LogP contribution < -0.4 is 14.8 Å². The number of carbonyl (C=O) groups is 1. The molecule has 24 heavy (non-hydrogen) atoms. The number of benzene rings is 1. The summed E-state index contributed by atoms with van der Waals surface area (Å²) < 4.78 is 12.6. The SMILES string of the molecule is Cc1cc(C)n([C@H]2CCN(C(=O)Nc3ccc4c(c3)OCO4)C2)n1. The predicted molar refractivity (Wildman–Crippen MR) is 88.5 cm³/mol. The number of likely N-dealkylation sites (tertiary alicyclic amines) is 1. The van der Waals surface area contributed by atoms with Crippen LogP contribution in [0.25, 0.3) is 0 Å². The summed E-state index contributed by atoms with van der Waals surface area (Å²) in [5.41, 5.74) is 2.85. The number of hydrogen-bond donors (Lipinski definition) is 1. The van der Waals surface area contributed by atoms with Gasteiger partial charge in [0.1, 0.15) is 0 Å². The topological polar surface area (TPSA) is 68.6 Å². The third-order valence-electron chi connectivity index (χ3n) is 4.46. The van der Waals surface area contributed by atoms with Crippen molar-refractivity contribution in [1.82, 2.24) is 14.7 Å². The lowest BCUT2D eigenvalue weighted by Crippen LogP contribution is -2.33. The molecular weight excluding hydrogens is 308 g/mol. The summed E-state index contributed by atoms with van der Waals surface area (Å²) in [6, 6.07) is 7.61. The highest BCUT2D eigenvalue weighted by atomic mass is 16.7. The van der Waals surface area contributed by atoms with E-state index in [2.05, 4.69) is 23.4 Å². The summed E-state index contributed by atoms with van der Waals surface area (Å²) in [5.74, 6) is 1.37. The van der Waals surface area contributed by atoms with Gasteiger partial charge in [0.05, 0.1) is 11.7 Å². The minimum atomic E-state index is -0.0992. The average Bonchev–Trinajstić information content (AvgIpc) is 3.26. The van der Waals surface area contributed by atoms with Gasteiger partial charge in [-0.1, -0.05) is 0 Å². The van der Waals surface area contributed by atoms with Gasteiger partial charge in [-0.25, -0.2) is 4.79 Å². The van der Waals surface area contributed by atoms with Gasteiger partial charge in [-0.05, 0) is 38.5 Å². The molecule has 3 heterocycles. The van der Waals surface area contributed by atoms with E-state index in [1.165, 1.54) is 0 Å². The molecule has 126 valence electrons. The second kappa shape index (κ2) is 5.74. The normalized spacial score (nSPS) is 18.9. The van der Waals surface area contributed by atoms with E-state index in [1.54, 1.807) is 12.1 Å². The predicted octanol–water partition coefficient (Wildman–Crippen LogP) is 2.71. The van der Waals surface area contributed by atoms with E-state index in [9.17, 15) is 4.79 Å². The fourth-order valence-corrected chi connectivity index (χ4v) is 3.32. The van der Waals surface area contributed by atoms with Gasteiger partial charge < -0.3 is 19.7 Å². The quantitative estimate of drug-likeness (QED) is 0.920. The van der Waals surface area contributed by atoms with Gasteiger partial charge in [-0.15, -0.1) is 0 Å². The van der Waals surface area contributed by atoms with Crippen molar-refractivity contribution >= 4 is 11.7 Å². The number of nitrogens with zero attached hydrogens (tertiary/aromatic N) is 3. The summed E-state index contributed by atoms with van der Waals surface area (Å²) in [6.45, 7) is 5.65. The lowest BCUT2D eigenvalue weighted by Gasteiger charge is -2.18. The summed E-state index contributed by atoms with van der Waals surface area (Å²) in [7, 11) is 0. The van der Waals surface area contributed by atoms with Crippen LogP contribution in [-0.2, 0) is 0 Å². The highest BCUT2D eigenvalue weighted by Gasteiger charge is 2.29. The number of amides is 2. The molecule has 1 N–H and O–H groups in total. The molecule has 0 unspecified atom stereocenters. The number of ether oxygens (including phenoxy) is 2. The molecule has 1 saturated heterocycles. The van der Waals surface area contributed by atoms with Crippen LogP contribution in [0.4, 0.5) is 10.5 Å². The molecule has 0 aliphatic carbocycles. The first-order chi connectivity index (χ1) is 11.6. The first-order valence-electron chi connectivity index (χ1n) is 8.08. The Hall–Kier alpha value is -2.70. The molecule has 7 nitrogen and oxygen atoms in total. The molecule has 2 aliphatic rings. The second-order valence-corrected chi connectivity index (χ2v) is 6.26. The maximum Gasteiger partial charge on any atom is 0.321 e. The van der Waals surface area contributed by atoms with E-state index < -0.39 is 0 Å². The average molecular weight is 328 g/mol. The monoisotopic (exact) mass is 328 g/mol. The standard InChI is InChI=1S/C17H20N4O3/c1-11-7-12(2)21(19-11)14-5-6-20(9-14)17(22)18-13-3-4-15-16(8-13)24-10-23-15/h3-4,7-8,14H,5-6,9-10H2,1-2H3,(H,18,22)/t14-/m0/s1. The first kappa shape index (κ1) is 14.9. The van der Waals surface area contributed by atoms with Gasteiger partial charge >= 0.3 is 6.03 Å². The molecule has 0 radical (unpaired) electrons. The third kappa shape index (κ3) is 2.66. The Labute approximate surface area is 140 Å². The Morgan fingerprint density at radius 3 is 2.88 bits per heavy atom. The number of aryl methyl sites for hydroxylation is 2. The van der Waals surface area contributed by atoms with Crippen molar-refractivity contribution in [2.45, 2.75) is 26.3 Å². The molecule has 0 saturated carbocycles. The fourth-order valence-electron chi connectivity index (χ4n) is 3.32. The molecule has 0 spiro atoms. The molecule has 1 fully saturated rings. The highest BCUT2D eigenvalue weighted by Crippen LogP contribution is 2.34. The minimum Gasteiger partial charge on any atom is -0.454 e. The van der Waals surface area contributed by atoms with E-state index in [0.29, 0.717) is 23.7 Å². The largest absolute Gasteiger partial charge is 0.454 e. The number of urea groups is 1. The smallest absolute Gasteiger partial charge is 0.321 e. The molecule has 2 amide bonds. The van der Waals surface area contributed by atoms with Gasteiger partial charge in [0, 0.05) is 30.5 Å². The van der Waals surface area contributed by atoms with Crippen LogP contribution in [0, 0.1) is 13.8 Å². The van der Waals surface area contributed by atoms with Crippen LogP contribution in [-0.4, -0.2) is 40.6 Å². The molecule has 1 aromatic heterocycles. The van der Waals surface area contributed by atoms with Crippen LogP contribution in [0.1, 0.15) is 23.9 Å². The summed E-state index contributed by atoms with van der Waals surface area (Å²) in [6.07, 6.45) is 0.913. The molecule has 1 atom stereocenters. The molecule has 0 bridgehead atoms. The van der Waals surface area contributed by atoms with E-state index in [0.717, 1.165) is 24.4 Å². The lowest BCUT2D eigenvalue weighted by atomic mass is 10.2. The molecule has 2 aromatic rings. The second-order valence-electron chi connectivity index (χ2n) is 6.26. The zero-order chi connectivity index (χ0) is 16.7. The van der Waals surface area contributed by atoms with Crippen molar-refractivity contribution in [3.8, 4) is 11.5 Å². The molecule has 7 heteroatoms. The summed E-state index contributed by atoms with van der Waals surface area (Å²) >= 11 is 0. The Bertz CT molecular complexity index is 786. The maximum absolute atomic E-state index is 12.5. The van der Waals surface area contributed by atoms with Gasteiger partial charge in [0.25, 0.3) is 0 Å². The number of rotatable bonds is 2. The van der Waals surface area contributed by atoms with Crippen molar-refractivity contribution in [3.05, 3.63) is 35.7 Å². The summed E-state index contributed by atoms with van der Waals surface area (Å²) in [4.78, 5) is 14.3. The van der Waals surface area contributed by atoms with Gasteiger partial charge in [0.15, 0.2) is 11.5 Å². The number of nitrogens with one attached hydrogen (secondary N) is 1. The van der Waals surface area contributed by atoms with Crippen LogP contribution in [0.3, 0.4) is 0 Å². The van der Waals surface area contributed by atoms with E-state index in [4.69, 9.17) is 9.47 Å². The number of carbonyl (C=O) groups excluding carboxylic acids is 1. The molecule has 1 aromatic carbocycles. The lowest BCUT2D eigenvalue weighted by molar-refractivity contribution is 0.174. The van der Waals surface area contributed by atoms with Crippen LogP contribution in [0.5, 0.6) is 11.5 Å². The van der Waals surface area contributed by atoms with Gasteiger partial charge in [-0.2, -0.15) is 5.10 Å². The van der Waals surface area contributed by atoms with Crippen LogP contribution in [0.2, 0.25) is 0 Å². The molecular formula is C17H20N4O3. The van der Waals surface area contributed by atoms with Crippen molar-refractivity contribution < 1.29 is 14.3 Å². The van der Waals surface area contributed by atoms with Gasteiger partial charge in [-0.3, -0.25) is 4.68 Å². The zero-order valence-corrected chi connectivity index (χ0v) is 13.8. The van der Waals surface area contributed by atoms with E-state index >= 15 is 0 Å².